The standard InChI is InChI=1S/C17H24N2OS/c1-12-7-8-14(13(2)11-12)19(3)16(20)17(15(18)21)9-5-4-6-10-17/h7-8,11H,4-6,9-10H2,1-3H3,(H2,18,21). The molecule has 114 valence electrons. The van der Waals surface area contributed by atoms with Crippen molar-refractivity contribution in [3.05, 3.63) is 29.3 Å². The third kappa shape index (κ3) is 2.95. The van der Waals surface area contributed by atoms with Crippen molar-refractivity contribution in [2.75, 3.05) is 11.9 Å². The second-order valence-electron chi connectivity index (χ2n) is 6.16. The molecule has 0 radical (unpaired) electrons. The molecule has 4 heteroatoms. The zero-order chi connectivity index (χ0) is 15.6. The minimum atomic E-state index is -0.653. The van der Waals surface area contributed by atoms with Crippen LogP contribution in [0.2, 0.25) is 0 Å². The van der Waals surface area contributed by atoms with E-state index in [0.717, 1.165) is 43.4 Å². The molecule has 0 aromatic heterocycles. The predicted octanol–water partition coefficient (Wildman–Crippen LogP) is 3.50. The van der Waals surface area contributed by atoms with Gasteiger partial charge in [0.25, 0.3) is 0 Å². The quantitative estimate of drug-likeness (QED) is 0.869. The molecule has 21 heavy (non-hydrogen) atoms. The van der Waals surface area contributed by atoms with Crippen molar-refractivity contribution < 1.29 is 4.79 Å². The van der Waals surface area contributed by atoms with Gasteiger partial charge in [-0.05, 0) is 38.3 Å². The molecule has 1 aliphatic carbocycles. The first-order chi connectivity index (χ1) is 9.88. The number of aryl methyl sites for hydroxylation is 2. The molecule has 0 unspecified atom stereocenters. The monoisotopic (exact) mass is 304 g/mol. The Morgan fingerprint density at radius 3 is 2.38 bits per heavy atom. The fraction of sp³-hybridized carbons (Fsp3) is 0.529. The van der Waals surface area contributed by atoms with Gasteiger partial charge in [0.2, 0.25) is 5.91 Å². The van der Waals surface area contributed by atoms with Crippen molar-refractivity contribution in [3.63, 3.8) is 0 Å². The van der Waals surface area contributed by atoms with Gasteiger partial charge < -0.3 is 10.6 Å². The van der Waals surface area contributed by atoms with Gasteiger partial charge in [0.1, 0.15) is 0 Å². The zero-order valence-electron chi connectivity index (χ0n) is 13.1. The number of hydrogen-bond acceptors (Lipinski definition) is 2. The van der Waals surface area contributed by atoms with Crippen molar-refractivity contribution >= 4 is 28.8 Å². The van der Waals surface area contributed by atoms with Crippen molar-refractivity contribution in [3.8, 4) is 0 Å². The van der Waals surface area contributed by atoms with Crippen molar-refractivity contribution in [1.29, 1.82) is 0 Å². The van der Waals surface area contributed by atoms with Crippen molar-refractivity contribution in [2.45, 2.75) is 46.0 Å². The molecule has 1 aromatic rings. The molecule has 1 fully saturated rings. The molecular weight excluding hydrogens is 280 g/mol. The largest absolute Gasteiger partial charge is 0.392 e. The smallest absolute Gasteiger partial charge is 0.239 e. The lowest BCUT2D eigenvalue weighted by atomic mass is 9.73. The van der Waals surface area contributed by atoms with E-state index in [1.54, 1.807) is 4.90 Å². The van der Waals surface area contributed by atoms with E-state index in [4.69, 9.17) is 18.0 Å². The van der Waals surface area contributed by atoms with E-state index < -0.39 is 5.41 Å². The Labute approximate surface area is 132 Å². The van der Waals surface area contributed by atoms with Crippen LogP contribution in [0.1, 0.15) is 43.2 Å². The maximum Gasteiger partial charge on any atom is 0.239 e. The molecule has 1 aliphatic rings. The highest BCUT2D eigenvalue weighted by atomic mass is 32.1. The van der Waals surface area contributed by atoms with E-state index in [-0.39, 0.29) is 5.91 Å². The molecule has 2 N–H and O–H groups in total. The molecule has 1 aromatic carbocycles. The molecule has 0 aliphatic heterocycles. The molecule has 2 rings (SSSR count). The number of hydrogen-bond donors (Lipinski definition) is 1. The fourth-order valence-corrected chi connectivity index (χ4v) is 3.62. The van der Waals surface area contributed by atoms with Crippen molar-refractivity contribution in [2.24, 2.45) is 11.1 Å². The molecule has 1 saturated carbocycles. The van der Waals surface area contributed by atoms with E-state index >= 15 is 0 Å². The summed E-state index contributed by atoms with van der Waals surface area (Å²) < 4.78 is 0. The Kier molecular flexibility index (Phi) is 4.67. The first-order valence-electron chi connectivity index (χ1n) is 7.54. The minimum Gasteiger partial charge on any atom is -0.392 e. The van der Waals surface area contributed by atoms with Gasteiger partial charge in [-0.3, -0.25) is 4.79 Å². The summed E-state index contributed by atoms with van der Waals surface area (Å²) in [5.41, 5.74) is 8.54. The van der Waals surface area contributed by atoms with E-state index in [1.807, 2.05) is 26.1 Å². The van der Waals surface area contributed by atoms with Gasteiger partial charge in [0.05, 0.1) is 10.4 Å². The van der Waals surface area contributed by atoms with E-state index in [0.29, 0.717) is 4.99 Å². The predicted molar refractivity (Wildman–Crippen MR) is 91.6 cm³/mol. The van der Waals surface area contributed by atoms with Crippen LogP contribution in [-0.4, -0.2) is 17.9 Å². The highest BCUT2D eigenvalue weighted by Crippen LogP contribution is 2.39. The summed E-state index contributed by atoms with van der Waals surface area (Å²) in [6, 6.07) is 6.12. The molecule has 0 atom stereocenters. The Hall–Kier alpha value is -1.42. The van der Waals surface area contributed by atoms with Crippen LogP contribution in [-0.2, 0) is 4.79 Å². The summed E-state index contributed by atoms with van der Waals surface area (Å²) in [5, 5.41) is 0. The average Bonchev–Trinajstić information content (AvgIpc) is 2.46. The van der Waals surface area contributed by atoms with Crippen molar-refractivity contribution in [1.82, 2.24) is 0 Å². The van der Waals surface area contributed by atoms with Crippen LogP contribution in [0.25, 0.3) is 0 Å². The summed E-state index contributed by atoms with van der Waals surface area (Å²) in [7, 11) is 1.83. The van der Waals surface area contributed by atoms with Gasteiger partial charge in [0, 0.05) is 12.7 Å². The number of carbonyl (C=O) groups excluding carboxylic acids is 1. The van der Waals surface area contributed by atoms with Crippen LogP contribution in [0.5, 0.6) is 0 Å². The Morgan fingerprint density at radius 1 is 1.24 bits per heavy atom. The SMILES string of the molecule is Cc1ccc(N(C)C(=O)C2(C(N)=S)CCCCC2)c(C)c1. The molecule has 1 amide bonds. The van der Waals surface area contributed by atoms with Crippen LogP contribution in [0.4, 0.5) is 5.69 Å². The lowest BCUT2D eigenvalue weighted by molar-refractivity contribution is -0.125. The lowest BCUT2D eigenvalue weighted by Gasteiger charge is -2.38. The molecule has 0 spiro atoms. The summed E-state index contributed by atoms with van der Waals surface area (Å²) in [5.74, 6) is 0.0432. The number of carbonyl (C=O) groups is 1. The molecule has 0 heterocycles. The third-order valence-corrected chi connectivity index (χ3v) is 5.00. The number of amides is 1. The fourth-order valence-electron chi connectivity index (χ4n) is 3.33. The topological polar surface area (TPSA) is 46.3 Å². The number of thiocarbonyl (C=S) groups is 1. The van der Waals surface area contributed by atoms with Gasteiger partial charge in [-0.25, -0.2) is 0 Å². The normalized spacial score (nSPS) is 17.3. The summed E-state index contributed by atoms with van der Waals surface area (Å²) in [6.07, 6.45) is 4.74. The van der Waals surface area contributed by atoms with Crippen LogP contribution in [0.3, 0.4) is 0 Å². The summed E-state index contributed by atoms with van der Waals surface area (Å²) in [6.45, 7) is 4.08. The highest BCUT2D eigenvalue weighted by molar-refractivity contribution is 7.80. The van der Waals surface area contributed by atoms with Crippen LogP contribution in [0.15, 0.2) is 18.2 Å². The Morgan fingerprint density at radius 2 is 1.86 bits per heavy atom. The van der Waals surface area contributed by atoms with Crippen LogP contribution < -0.4 is 10.6 Å². The number of nitrogens with two attached hydrogens (primary N) is 1. The molecular formula is C17H24N2OS. The number of anilines is 1. The number of benzene rings is 1. The lowest BCUT2D eigenvalue weighted by Crippen LogP contribution is -2.50. The minimum absolute atomic E-state index is 0.0432. The van der Waals surface area contributed by atoms with Gasteiger partial charge in [0.15, 0.2) is 0 Å². The van der Waals surface area contributed by atoms with Gasteiger partial charge in [-0.1, -0.05) is 49.2 Å². The molecule has 0 bridgehead atoms. The number of rotatable bonds is 3. The Bertz CT molecular complexity index is 562. The van der Waals surface area contributed by atoms with Crippen LogP contribution >= 0.6 is 12.2 Å². The Balaban J connectivity index is 2.34. The summed E-state index contributed by atoms with van der Waals surface area (Å²) >= 11 is 5.26. The average molecular weight is 304 g/mol. The number of nitrogens with zero attached hydrogens (tertiary/aromatic N) is 1. The van der Waals surface area contributed by atoms with E-state index in [9.17, 15) is 4.79 Å². The van der Waals surface area contributed by atoms with Gasteiger partial charge in [-0.2, -0.15) is 0 Å². The second kappa shape index (κ2) is 6.14. The first kappa shape index (κ1) is 16.0. The third-order valence-electron chi connectivity index (χ3n) is 4.61. The molecule has 3 nitrogen and oxygen atoms in total. The van der Waals surface area contributed by atoms with Gasteiger partial charge >= 0.3 is 0 Å². The zero-order valence-corrected chi connectivity index (χ0v) is 13.9. The first-order valence-corrected chi connectivity index (χ1v) is 7.94. The highest BCUT2D eigenvalue weighted by Gasteiger charge is 2.44. The maximum absolute atomic E-state index is 13.1. The van der Waals surface area contributed by atoms with E-state index in [2.05, 4.69) is 13.0 Å². The van der Waals surface area contributed by atoms with Gasteiger partial charge in [-0.15, -0.1) is 0 Å². The second-order valence-corrected chi connectivity index (χ2v) is 6.60. The van der Waals surface area contributed by atoms with E-state index in [1.165, 1.54) is 5.56 Å². The summed E-state index contributed by atoms with van der Waals surface area (Å²) in [4.78, 5) is 15.1. The van der Waals surface area contributed by atoms with Crippen LogP contribution in [0, 0.1) is 19.3 Å². The molecule has 0 saturated heterocycles. The maximum atomic E-state index is 13.1.